The van der Waals surface area contributed by atoms with Crippen molar-refractivity contribution < 1.29 is 9.26 Å². The van der Waals surface area contributed by atoms with Crippen LogP contribution in [0.2, 0.25) is 0 Å². The van der Waals surface area contributed by atoms with Gasteiger partial charge in [-0.1, -0.05) is 24.2 Å². The van der Waals surface area contributed by atoms with Crippen LogP contribution in [0.4, 0.5) is 5.69 Å². The van der Waals surface area contributed by atoms with Crippen molar-refractivity contribution in [3.63, 3.8) is 0 Å². The number of nitrogens with two attached hydrogens (primary N) is 1. The van der Waals surface area contributed by atoms with Gasteiger partial charge in [0.15, 0.2) is 0 Å². The van der Waals surface area contributed by atoms with Crippen molar-refractivity contribution in [2.24, 2.45) is 0 Å². The summed E-state index contributed by atoms with van der Waals surface area (Å²) in [6, 6.07) is 7.73. The summed E-state index contributed by atoms with van der Waals surface area (Å²) in [5.41, 5.74) is 7.18. The summed E-state index contributed by atoms with van der Waals surface area (Å²) in [6.07, 6.45) is 0.699. The van der Waals surface area contributed by atoms with E-state index in [0.29, 0.717) is 18.3 Å². The number of benzene rings is 1. The Balaban J connectivity index is 2.28. The number of anilines is 1. The Bertz CT molecular complexity index is 575. The van der Waals surface area contributed by atoms with Gasteiger partial charge in [-0.15, -0.1) is 0 Å². The van der Waals surface area contributed by atoms with Crippen molar-refractivity contribution in [2.75, 3.05) is 12.3 Å². The highest BCUT2D eigenvalue weighted by Gasteiger charge is 2.31. The minimum absolute atomic E-state index is 0.116. The third-order valence-corrected chi connectivity index (χ3v) is 3.64. The highest BCUT2D eigenvalue weighted by Crippen LogP contribution is 2.31. The fourth-order valence-electron chi connectivity index (χ4n) is 2.22. The molecule has 114 valence electrons. The molecule has 0 saturated carbocycles. The second kappa shape index (κ2) is 6.26. The van der Waals surface area contributed by atoms with Crippen molar-refractivity contribution in [1.82, 2.24) is 10.1 Å². The first kappa shape index (κ1) is 15.5. The maximum Gasteiger partial charge on any atom is 0.236 e. The third kappa shape index (κ3) is 3.24. The van der Waals surface area contributed by atoms with E-state index in [1.807, 2.05) is 38.1 Å². The number of nitrogen functional groups attached to an aromatic ring is 1. The monoisotopic (exact) mass is 289 g/mol. The quantitative estimate of drug-likeness (QED) is 0.824. The summed E-state index contributed by atoms with van der Waals surface area (Å²) < 4.78 is 11.1. The first-order valence-corrected chi connectivity index (χ1v) is 7.30. The molecule has 21 heavy (non-hydrogen) atoms. The Hall–Kier alpha value is -1.88. The van der Waals surface area contributed by atoms with E-state index in [0.717, 1.165) is 17.7 Å². The Labute approximate surface area is 125 Å². The molecule has 2 rings (SSSR count). The zero-order chi connectivity index (χ0) is 15.5. The number of ether oxygens (including phenoxy) is 1. The number of rotatable bonds is 6. The molecule has 1 heterocycles. The van der Waals surface area contributed by atoms with Crippen molar-refractivity contribution >= 4 is 5.69 Å². The fraction of sp³-hybridized carbons (Fsp3) is 0.500. The molecule has 0 fully saturated rings. The molecule has 5 heteroatoms. The van der Waals surface area contributed by atoms with Gasteiger partial charge in [0, 0.05) is 12.3 Å². The van der Waals surface area contributed by atoms with Gasteiger partial charge in [-0.25, -0.2) is 0 Å². The summed E-state index contributed by atoms with van der Waals surface area (Å²) in [5, 5.41) is 4.08. The molecule has 0 spiro atoms. The second-order valence-corrected chi connectivity index (χ2v) is 5.56. The predicted octanol–water partition coefficient (Wildman–Crippen LogP) is 3.47. The van der Waals surface area contributed by atoms with Crippen LogP contribution >= 0.6 is 0 Å². The second-order valence-electron chi connectivity index (χ2n) is 5.56. The first-order valence-electron chi connectivity index (χ1n) is 7.30. The molecule has 0 aliphatic carbocycles. The average molecular weight is 289 g/mol. The van der Waals surface area contributed by atoms with Crippen LogP contribution in [-0.4, -0.2) is 16.7 Å². The Morgan fingerprint density at radius 2 is 1.90 bits per heavy atom. The average Bonchev–Trinajstić information content (AvgIpc) is 2.95. The van der Waals surface area contributed by atoms with Crippen molar-refractivity contribution in [3.05, 3.63) is 41.5 Å². The standard InChI is InChI=1S/C16H23N3O2/c1-5-13(20-6-2)14-18-15(21-19-14)16(3,4)11-7-9-12(17)10-8-11/h7-10,13H,5-6,17H2,1-4H3. The van der Waals surface area contributed by atoms with Crippen LogP contribution in [0, 0.1) is 0 Å². The highest BCUT2D eigenvalue weighted by atomic mass is 16.5. The number of hydrogen-bond acceptors (Lipinski definition) is 5. The van der Waals surface area contributed by atoms with Gasteiger partial charge in [-0.2, -0.15) is 4.98 Å². The van der Waals surface area contributed by atoms with Crippen molar-refractivity contribution in [3.8, 4) is 0 Å². The van der Waals surface area contributed by atoms with E-state index in [1.165, 1.54) is 0 Å². The summed E-state index contributed by atoms with van der Waals surface area (Å²) >= 11 is 0. The third-order valence-electron chi connectivity index (χ3n) is 3.64. The zero-order valence-corrected chi connectivity index (χ0v) is 13.1. The van der Waals surface area contributed by atoms with E-state index >= 15 is 0 Å². The first-order chi connectivity index (χ1) is 9.98. The van der Waals surface area contributed by atoms with Gasteiger partial charge in [0.2, 0.25) is 11.7 Å². The van der Waals surface area contributed by atoms with Gasteiger partial charge in [-0.3, -0.25) is 0 Å². The van der Waals surface area contributed by atoms with Crippen molar-refractivity contribution in [1.29, 1.82) is 0 Å². The van der Waals surface area contributed by atoms with E-state index in [4.69, 9.17) is 15.0 Å². The van der Waals surface area contributed by atoms with E-state index in [2.05, 4.69) is 24.0 Å². The van der Waals surface area contributed by atoms with Crippen LogP contribution in [0.5, 0.6) is 0 Å². The molecule has 5 nitrogen and oxygen atoms in total. The smallest absolute Gasteiger partial charge is 0.236 e. The van der Waals surface area contributed by atoms with E-state index in [-0.39, 0.29) is 11.5 Å². The van der Waals surface area contributed by atoms with E-state index in [1.54, 1.807) is 0 Å². The number of hydrogen-bond donors (Lipinski definition) is 1. The van der Waals surface area contributed by atoms with Crippen molar-refractivity contribution in [2.45, 2.75) is 45.6 Å². The van der Waals surface area contributed by atoms with E-state index in [9.17, 15) is 0 Å². The molecule has 1 aromatic carbocycles. The van der Waals surface area contributed by atoms with E-state index < -0.39 is 0 Å². The van der Waals surface area contributed by atoms with Crippen LogP contribution in [0.15, 0.2) is 28.8 Å². The molecule has 1 unspecified atom stereocenters. The lowest BCUT2D eigenvalue weighted by Gasteiger charge is -2.20. The highest BCUT2D eigenvalue weighted by molar-refractivity contribution is 5.42. The van der Waals surface area contributed by atoms with Gasteiger partial charge >= 0.3 is 0 Å². The van der Waals surface area contributed by atoms with Crippen LogP contribution in [-0.2, 0) is 10.2 Å². The summed E-state index contributed by atoms with van der Waals surface area (Å²) in [4.78, 5) is 4.54. The lowest BCUT2D eigenvalue weighted by atomic mass is 9.84. The summed E-state index contributed by atoms with van der Waals surface area (Å²) in [7, 11) is 0. The lowest BCUT2D eigenvalue weighted by Crippen LogP contribution is -2.19. The number of aromatic nitrogens is 2. The molecular weight excluding hydrogens is 266 g/mol. The Morgan fingerprint density at radius 1 is 1.24 bits per heavy atom. The maximum atomic E-state index is 5.74. The van der Waals surface area contributed by atoms with Gasteiger partial charge in [0.1, 0.15) is 6.10 Å². The Kier molecular flexibility index (Phi) is 4.63. The normalized spacial score (nSPS) is 13.3. The molecule has 0 radical (unpaired) electrons. The van der Waals surface area contributed by atoms with Gasteiger partial charge in [0.25, 0.3) is 0 Å². The van der Waals surface area contributed by atoms with Crippen LogP contribution < -0.4 is 5.73 Å². The van der Waals surface area contributed by atoms with Gasteiger partial charge in [-0.05, 0) is 44.9 Å². The molecule has 2 N–H and O–H groups in total. The molecule has 1 atom stereocenters. The molecule has 0 amide bonds. The maximum absolute atomic E-state index is 5.74. The fourth-order valence-corrected chi connectivity index (χ4v) is 2.22. The van der Waals surface area contributed by atoms with Crippen LogP contribution in [0.1, 0.15) is 57.5 Å². The topological polar surface area (TPSA) is 74.2 Å². The lowest BCUT2D eigenvalue weighted by molar-refractivity contribution is 0.0518. The molecule has 0 aliphatic heterocycles. The largest absolute Gasteiger partial charge is 0.399 e. The summed E-state index contributed by atoms with van der Waals surface area (Å²) in [6.45, 7) is 8.74. The van der Waals surface area contributed by atoms with Gasteiger partial charge < -0.3 is 15.0 Å². The number of nitrogens with zero attached hydrogens (tertiary/aromatic N) is 2. The molecule has 1 aromatic heterocycles. The molecular formula is C16H23N3O2. The van der Waals surface area contributed by atoms with Crippen LogP contribution in [0.25, 0.3) is 0 Å². The molecule has 2 aromatic rings. The van der Waals surface area contributed by atoms with Crippen LogP contribution in [0.3, 0.4) is 0 Å². The zero-order valence-electron chi connectivity index (χ0n) is 13.1. The SMILES string of the molecule is CCOC(CC)c1noc(C(C)(C)c2ccc(N)cc2)n1. The predicted molar refractivity (Wildman–Crippen MR) is 81.9 cm³/mol. The minimum atomic E-state index is -0.372. The molecule has 0 saturated heterocycles. The summed E-state index contributed by atoms with van der Waals surface area (Å²) in [5.74, 6) is 1.19. The molecule has 0 bridgehead atoms. The Morgan fingerprint density at radius 3 is 2.48 bits per heavy atom. The minimum Gasteiger partial charge on any atom is -0.399 e. The van der Waals surface area contributed by atoms with Gasteiger partial charge in [0.05, 0.1) is 5.41 Å². The molecule has 0 aliphatic rings.